The minimum absolute atomic E-state index is 0.957. The summed E-state index contributed by atoms with van der Waals surface area (Å²) in [4.78, 5) is 5.21. The van der Waals surface area contributed by atoms with Gasteiger partial charge in [-0.1, -0.05) is 127 Å². The topological polar surface area (TPSA) is 12.9 Å². The first kappa shape index (κ1) is 32.8. The SMILES string of the molecule is c1cc(-c2cccc(-c3cccc(-c4cccc(-c5cccc(-c6ccc7sc8ccccc8c7c6)c5)c4)n3)c2)cc(-c2ccc3sc4ccccc4c3c2)c1. The fourth-order valence-corrected chi connectivity index (χ4v) is 10.2. The molecule has 1 nitrogen and oxygen atoms in total. The molecule has 0 fully saturated rings. The van der Waals surface area contributed by atoms with Crippen LogP contribution < -0.4 is 0 Å². The second-order valence-electron chi connectivity index (χ2n) is 14.3. The van der Waals surface area contributed by atoms with Gasteiger partial charge in [0.25, 0.3) is 0 Å². The molecular weight excluding hydrogens is 715 g/mol. The molecule has 0 atom stereocenters. The van der Waals surface area contributed by atoms with Crippen LogP contribution in [0.3, 0.4) is 0 Å². The van der Waals surface area contributed by atoms with Crippen LogP contribution in [0.5, 0.6) is 0 Å². The fraction of sp³-hybridized carbons (Fsp3) is 0. The van der Waals surface area contributed by atoms with Gasteiger partial charge in [-0.3, -0.25) is 0 Å². The van der Waals surface area contributed by atoms with Crippen LogP contribution in [0, 0.1) is 0 Å². The standard InChI is InChI=1S/C53H33NS2/c1-3-22-50-44(18-1)46-32-40(24-26-52(46)55-50)36-12-5-10-34(28-36)38-14-7-16-42(30-38)48-20-9-21-49(54-48)43-17-8-15-39(31-43)35-11-6-13-37(29-35)41-25-27-53-47(33-41)45-19-2-4-23-51(45)56-53/h1-33H. The summed E-state index contributed by atoms with van der Waals surface area (Å²) in [6.45, 7) is 0. The lowest BCUT2D eigenvalue weighted by Crippen LogP contribution is -1.89. The Labute approximate surface area is 333 Å². The molecule has 262 valence electrons. The van der Waals surface area contributed by atoms with Crippen molar-refractivity contribution in [2.75, 3.05) is 0 Å². The lowest BCUT2D eigenvalue weighted by molar-refractivity contribution is 1.32. The monoisotopic (exact) mass is 747 g/mol. The second kappa shape index (κ2) is 13.6. The summed E-state index contributed by atoms with van der Waals surface area (Å²) in [5.41, 5.74) is 13.7. The highest BCUT2D eigenvalue weighted by atomic mass is 32.1. The van der Waals surface area contributed by atoms with Crippen LogP contribution >= 0.6 is 22.7 Å². The van der Waals surface area contributed by atoms with E-state index in [0.717, 1.165) is 22.5 Å². The van der Waals surface area contributed by atoms with Gasteiger partial charge in [0, 0.05) is 51.5 Å². The van der Waals surface area contributed by atoms with E-state index < -0.39 is 0 Å². The molecule has 0 radical (unpaired) electrons. The molecule has 0 saturated carbocycles. The summed E-state index contributed by atoms with van der Waals surface area (Å²) in [6, 6.07) is 72.7. The van der Waals surface area contributed by atoms with Crippen molar-refractivity contribution < 1.29 is 0 Å². The molecule has 3 heterocycles. The Morgan fingerprint density at radius 3 is 0.982 bits per heavy atom. The van der Waals surface area contributed by atoms with Crippen molar-refractivity contribution in [3.05, 3.63) is 200 Å². The van der Waals surface area contributed by atoms with E-state index in [9.17, 15) is 0 Å². The van der Waals surface area contributed by atoms with E-state index >= 15 is 0 Å². The van der Waals surface area contributed by atoms with Crippen molar-refractivity contribution in [1.82, 2.24) is 4.98 Å². The average molecular weight is 748 g/mol. The maximum absolute atomic E-state index is 5.21. The molecule has 0 saturated heterocycles. The van der Waals surface area contributed by atoms with Gasteiger partial charge in [-0.05, 0) is 117 Å². The maximum atomic E-state index is 5.21. The highest BCUT2D eigenvalue weighted by Crippen LogP contribution is 2.39. The summed E-state index contributed by atoms with van der Waals surface area (Å²) >= 11 is 3.72. The first-order valence-corrected chi connectivity index (χ1v) is 20.6. The molecule has 0 amide bonds. The molecule has 0 spiro atoms. The zero-order valence-electron chi connectivity index (χ0n) is 30.3. The van der Waals surface area contributed by atoms with Crippen LogP contribution in [-0.4, -0.2) is 4.98 Å². The molecule has 8 aromatic carbocycles. The van der Waals surface area contributed by atoms with Crippen LogP contribution in [-0.2, 0) is 0 Å². The third-order valence-corrected chi connectivity index (χ3v) is 13.2. The lowest BCUT2D eigenvalue weighted by Gasteiger charge is -2.11. The molecule has 3 aromatic heterocycles. The quantitative estimate of drug-likeness (QED) is 0.165. The number of hydrogen-bond acceptors (Lipinski definition) is 3. The fourth-order valence-electron chi connectivity index (χ4n) is 8.04. The van der Waals surface area contributed by atoms with Gasteiger partial charge >= 0.3 is 0 Å². The van der Waals surface area contributed by atoms with E-state index in [0.29, 0.717) is 0 Å². The number of benzene rings is 8. The van der Waals surface area contributed by atoms with Crippen molar-refractivity contribution in [2.24, 2.45) is 0 Å². The molecule has 11 aromatic rings. The van der Waals surface area contributed by atoms with E-state index in [1.807, 2.05) is 22.7 Å². The number of thiophene rings is 2. The molecule has 0 bridgehead atoms. The van der Waals surface area contributed by atoms with Gasteiger partial charge in [0.05, 0.1) is 11.4 Å². The van der Waals surface area contributed by atoms with Gasteiger partial charge in [0.1, 0.15) is 0 Å². The van der Waals surface area contributed by atoms with Gasteiger partial charge in [0.2, 0.25) is 0 Å². The van der Waals surface area contributed by atoms with Gasteiger partial charge in [-0.25, -0.2) is 4.98 Å². The van der Waals surface area contributed by atoms with Crippen molar-refractivity contribution in [3.8, 4) is 67.0 Å². The van der Waals surface area contributed by atoms with Crippen LogP contribution in [0.25, 0.3) is 107 Å². The zero-order valence-corrected chi connectivity index (χ0v) is 31.9. The number of aromatic nitrogens is 1. The summed E-state index contributed by atoms with van der Waals surface area (Å²) in [7, 11) is 0. The highest BCUT2D eigenvalue weighted by molar-refractivity contribution is 7.26. The molecule has 3 heteroatoms. The minimum atomic E-state index is 0.957. The maximum Gasteiger partial charge on any atom is 0.0709 e. The van der Waals surface area contributed by atoms with Gasteiger partial charge < -0.3 is 0 Å². The molecule has 0 N–H and O–H groups in total. The van der Waals surface area contributed by atoms with E-state index in [-0.39, 0.29) is 0 Å². The Hall–Kier alpha value is -6.65. The number of pyridine rings is 1. The number of hydrogen-bond donors (Lipinski definition) is 0. The van der Waals surface area contributed by atoms with Gasteiger partial charge in [-0.2, -0.15) is 0 Å². The molecule has 0 aliphatic carbocycles. The van der Waals surface area contributed by atoms with E-state index in [2.05, 4.69) is 200 Å². The molecule has 0 aliphatic rings. The predicted molar refractivity (Wildman–Crippen MR) is 243 cm³/mol. The van der Waals surface area contributed by atoms with Crippen molar-refractivity contribution in [3.63, 3.8) is 0 Å². The number of fused-ring (bicyclic) bond motifs is 6. The van der Waals surface area contributed by atoms with Gasteiger partial charge in [0.15, 0.2) is 0 Å². The third kappa shape index (κ3) is 5.90. The molecule has 11 rings (SSSR count). The average Bonchev–Trinajstić information content (AvgIpc) is 3.84. The molecular formula is C53H33NS2. The third-order valence-electron chi connectivity index (χ3n) is 10.9. The van der Waals surface area contributed by atoms with Crippen LogP contribution in [0.4, 0.5) is 0 Å². The Morgan fingerprint density at radius 1 is 0.232 bits per heavy atom. The summed E-state index contributed by atoms with van der Waals surface area (Å²) in [5, 5.41) is 5.29. The smallest absolute Gasteiger partial charge is 0.0709 e. The summed E-state index contributed by atoms with van der Waals surface area (Å²) in [6.07, 6.45) is 0. The lowest BCUT2D eigenvalue weighted by atomic mass is 9.96. The predicted octanol–water partition coefficient (Wildman–Crippen LogP) is 15.8. The molecule has 0 aliphatic heterocycles. The normalized spacial score (nSPS) is 11.6. The number of nitrogens with zero attached hydrogens (tertiary/aromatic N) is 1. The molecule has 0 unspecified atom stereocenters. The van der Waals surface area contributed by atoms with Gasteiger partial charge in [-0.15, -0.1) is 22.7 Å². The zero-order chi connectivity index (χ0) is 37.0. The largest absolute Gasteiger partial charge is 0.248 e. The highest BCUT2D eigenvalue weighted by Gasteiger charge is 2.12. The minimum Gasteiger partial charge on any atom is -0.248 e. The molecule has 56 heavy (non-hydrogen) atoms. The first-order valence-electron chi connectivity index (χ1n) is 18.9. The van der Waals surface area contributed by atoms with E-state index in [1.54, 1.807) is 0 Å². The second-order valence-corrected chi connectivity index (χ2v) is 16.5. The van der Waals surface area contributed by atoms with Crippen LogP contribution in [0.1, 0.15) is 0 Å². The first-order chi connectivity index (χ1) is 27.7. The Bertz CT molecular complexity index is 3060. The Balaban J connectivity index is 0.886. The van der Waals surface area contributed by atoms with E-state index in [1.165, 1.54) is 84.9 Å². The van der Waals surface area contributed by atoms with Crippen molar-refractivity contribution in [2.45, 2.75) is 0 Å². The van der Waals surface area contributed by atoms with Crippen molar-refractivity contribution in [1.29, 1.82) is 0 Å². The van der Waals surface area contributed by atoms with Crippen LogP contribution in [0.15, 0.2) is 200 Å². The Morgan fingerprint density at radius 2 is 0.554 bits per heavy atom. The summed E-state index contributed by atoms with van der Waals surface area (Å²) in [5.74, 6) is 0. The Kier molecular flexibility index (Phi) is 7.94. The summed E-state index contributed by atoms with van der Waals surface area (Å²) < 4.78 is 5.31. The van der Waals surface area contributed by atoms with Crippen molar-refractivity contribution >= 4 is 63.0 Å². The van der Waals surface area contributed by atoms with E-state index in [4.69, 9.17) is 4.98 Å². The number of rotatable bonds is 6. The van der Waals surface area contributed by atoms with Crippen LogP contribution in [0.2, 0.25) is 0 Å².